The number of hydrogen-bond donors (Lipinski definition) is 3. The number of hydrogen-bond acceptors (Lipinski definition) is 5. The molecule has 0 aliphatic heterocycles. The highest BCUT2D eigenvalue weighted by molar-refractivity contribution is 6.09. The lowest BCUT2D eigenvalue weighted by atomic mass is 10.0. The Morgan fingerprint density at radius 2 is 1.78 bits per heavy atom. The maximum atomic E-state index is 12.9. The lowest BCUT2D eigenvalue weighted by Crippen LogP contribution is -2.31. The van der Waals surface area contributed by atoms with Crippen molar-refractivity contribution in [3.8, 4) is 0 Å². The van der Waals surface area contributed by atoms with E-state index in [4.69, 9.17) is 10.5 Å². The summed E-state index contributed by atoms with van der Waals surface area (Å²) in [5.41, 5.74) is 9.59. The summed E-state index contributed by atoms with van der Waals surface area (Å²) in [6.45, 7) is 10.7. The van der Waals surface area contributed by atoms with Gasteiger partial charge < -0.3 is 15.8 Å². The van der Waals surface area contributed by atoms with E-state index in [-0.39, 0.29) is 11.4 Å². The number of rotatable bonds is 10. The Morgan fingerprint density at radius 3 is 2.34 bits per heavy atom. The molecule has 0 spiro atoms. The molecule has 0 aliphatic rings. The largest absolute Gasteiger partial charge is 0.441 e. The highest BCUT2D eigenvalue weighted by atomic mass is 16.6. The van der Waals surface area contributed by atoms with Crippen molar-refractivity contribution >= 4 is 18.3 Å². The van der Waals surface area contributed by atoms with Gasteiger partial charge in [-0.2, -0.15) is 0 Å². The van der Waals surface area contributed by atoms with Crippen molar-refractivity contribution in [2.45, 2.75) is 54.1 Å². The second-order valence-corrected chi connectivity index (χ2v) is 7.40. The molecule has 7 nitrogen and oxygen atoms in total. The molecule has 0 radical (unpaired) electrons. The van der Waals surface area contributed by atoms with Crippen LogP contribution in [0.3, 0.4) is 0 Å². The third kappa shape index (κ3) is 7.91. The van der Waals surface area contributed by atoms with E-state index in [1.807, 2.05) is 51.1 Å². The maximum absolute atomic E-state index is 12.9. The summed E-state index contributed by atoms with van der Waals surface area (Å²) in [6.07, 6.45) is 5.25. The fourth-order valence-corrected chi connectivity index (χ4v) is 2.99. The summed E-state index contributed by atoms with van der Waals surface area (Å²) in [5.74, 6) is -0.454. The van der Waals surface area contributed by atoms with Crippen molar-refractivity contribution in [2.75, 3.05) is 0 Å². The average Bonchev–Trinajstić information content (AvgIpc) is 2.74. The molecule has 1 aromatic carbocycles. The Balaban J connectivity index is 3.01. The van der Waals surface area contributed by atoms with Crippen LogP contribution < -0.4 is 16.4 Å². The van der Waals surface area contributed by atoms with Crippen LogP contribution in [0.4, 0.5) is 4.79 Å². The van der Waals surface area contributed by atoms with Crippen molar-refractivity contribution in [3.05, 3.63) is 81.9 Å². The predicted molar refractivity (Wildman–Crippen MR) is 126 cm³/mol. The molecule has 4 N–H and O–H groups in total. The molecule has 1 rings (SSSR count). The summed E-state index contributed by atoms with van der Waals surface area (Å²) in [6, 6.07) is 7.58. The number of allylic oxidation sites excluding steroid dienone is 6. The summed E-state index contributed by atoms with van der Waals surface area (Å²) in [5, 5.41) is 5.09. The number of carbonyl (C=O) groups is 3. The van der Waals surface area contributed by atoms with E-state index in [2.05, 4.69) is 10.6 Å². The third-order valence-electron chi connectivity index (χ3n) is 4.77. The molecule has 7 heteroatoms. The fraction of sp³-hybridized carbons (Fsp3) is 0.320. The third-order valence-corrected chi connectivity index (χ3v) is 4.77. The highest BCUT2D eigenvalue weighted by Crippen LogP contribution is 2.20. The Bertz CT molecular complexity index is 967. The minimum Gasteiger partial charge on any atom is -0.441 e. The number of nitrogens with two attached hydrogens (primary N) is 1. The van der Waals surface area contributed by atoms with Gasteiger partial charge in [-0.3, -0.25) is 14.9 Å². The van der Waals surface area contributed by atoms with Crippen LogP contribution in [0.1, 0.15) is 58.3 Å². The van der Waals surface area contributed by atoms with Gasteiger partial charge in [0.05, 0.1) is 0 Å². The zero-order valence-corrected chi connectivity index (χ0v) is 19.6. The number of ketones is 1. The van der Waals surface area contributed by atoms with Gasteiger partial charge in [-0.25, -0.2) is 4.79 Å². The molecule has 0 saturated carbocycles. The lowest BCUT2D eigenvalue weighted by molar-refractivity contribution is -0.112. The van der Waals surface area contributed by atoms with Crippen LogP contribution in [0, 0.1) is 6.92 Å². The van der Waals surface area contributed by atoms with Crippen molar-refractivity contribution in [1.29, 1.82) is 0 Å². The van der Waals surface area contributed by atoms with E-state index in [9.17, 15) is 14.4 Å². The van der Waals surface area contributed by atoms with E-state index in [1.54, 1.807) is 26.0 Å². The van der Waals surface area contributed by atoms with Crippen molar-refractivity contribution < 1.29 is 19.1 Å². The van der Waals surface area contributed by atoms with Gasteiger partial charge in [0.15, 0.2) is 0 Å². The van der Waals surface area contributed by atoms with Gasteiger partial charge in [0, 0.05) is 11.4 Å². The van der Waals surface area contributed by atoms with Gasteiger partial charge in [-0.05, 0) is 69.4 Å². The van der Waals surface area contributed by atoms with Gasteiger partial charge in [-0.15, -0.1) is 0 Å². The number of carbonyl (C=O) groups excluding carboxylic acids is 3. The predicted octanol–water partition coefficient (Wildman–Crippen LogP) is 4.47. The van der Waals surface area contributed by atoms with Crippen LogP contribution in [0.25, 0.3) is 0 Å². The molecule has 1 aromatic rings. The van der Waals surface area contributed by atoms with Crippen molar-refractivity contribution in [1.82, 2.24) is 10.6 Å². The highest BCUT2D eigenvalue weighted by Gasteiger charge is 2.20. The normalized spacial score (nSPS) is 14.2. The first-order valence-electron chi connectivity index (χ1n) is 10.4. The second kappa shape index (κ2) is 12.9. The zero-order valence-electron chi connectivity index (χ0n) is 19.6. The van der Waals surface area contributed by atoms with Gasteiger partial charge in [-0.1, -0.05) is 43.3 Å². The molecular formula is C25H33N3O4. The molecule has 1 atom stereocenters. The van der Waals surface area contributed by atoms with Crippen molar-refractivity contribution in [3.63, 3.8) is 0 Å². The Labute approximate surface area is 190 Å². The van der Waals surface area contributed by atoms with E-state index < -0.39 is 18.0 Å². The Hall–Kier alpha value is -3.61. The molecule has 0 fully saturated rings. The monoisotopic (exact) mass is 439 g/mol. The number of nitrogens with one attached hydrogen (secondary N) is 2. The molecule has 0 saturated heterocycles. The Morgan fingerprint density at radius 1 is 1.12 bits per heavy atom. The molecule has 0 heterocycles. The first-order valence-corrected chi connectivity index (χ1v) is 10.4. The fourth-order valence-electron chi connectivity index (χ4n) is 2.99. The topological polar surface area (TPSA) is 111 Å². The SMILES string of the molecule is CC/C=C(C)/C(=C\C=C(/C)C(=O)/C(NC(=O)OC(C)c1ccccc1C)=C(/C)N)NC=O. The van der Waals surface area contributed by atoms with Crippen LogP contribution in [-0.2, 0) is 14.3 Å². The molecule has 2 amide bonds. The smallest absolute Gasteiger partial charge is 0.412 e. The number of alkyl carbamates (subject to hydrolysis) is 1. The first kappa shape index (κ1) is 26.4. The molecule has 32 heavy (non-hydrogen) atoms. The van der Waals surface area contributed by atoms with Gasteiger partial charge in [0.2, 0.25) is 12.2 Å². The summed E-state index contributed by atoms with van der Waals surface area (Å²) < 4.78 is 5.44. The van der Waals surface area contributed by atoms with Crippen LogP contribution in [-0.4, -0.2) is 18.3 Å². The molecule has 0 aliphatic carbocycles. The number of amides is 2. The van der Waals surface area contributed by atoms with Crippen LogP contribution in [0.5, 0.6) is 0 Å². The first-order chi connectivity index (χ1) is 15.1. The second-order valence-electron chi connectivity index (χ2n) is 7.40. The summed E-state index contributed by atoms with van der Waals surface area (Å²) in [7, 11) is 0. The quantitative estimate of drug-likeness (QED) is 0.283. The number of benzene rings is 1. The molecule has 0 bridgehead atoms. The van der Waals surface area contributed by atoms with Gasteiger partial charge in [0.1, 0.15) is 11.8 Å². The number of aryl methyl sites for hydroxylation is 1. The summed E-state index contributed by atoms with van der Waals surface area (Å²) in [4.78, 5) is 36.2. The zero-order chi connectivity index (χ0) is 24.3. The minimum absolute atomic E-state index is 0.0557. The van der Waals surface area contributed by atoms with E-state index in [0.717, 1.165) is 23.1 Å². The lowest BCUT2D eigenvalue weighted by Gasteiger charge is -2.17. The average molecular weight is 440 g/mol. The van der Waals surface area contributed by atoms with Gasteiger partial charge >= 0.3 is 6.09 Å². The molecular weight excluding hydrogens is 406 g/mol. The number of ether oxygens (including phenoxy) is 1. The minimum atomic E-state index is -0.776. The number of Topliss-reactive ketones (excluding diaryl/α,β-unsaturated/α-hetero) is 1. The van der Waals surface area contributed by atoms with E-state index in [1.165, 1.54) is 6.92 Å². The van der Waals surface area contributed by atoms with Crippen molar-refractivity contribution in [2.24, 2.45) is 5.73 Å². The molecule has 172 valence electrons. The van der Waals surface area contributed by atoms with Crippen LogP contribution >= 0.6 is 0 Å². The molecule has 1 unspecified atom stereocenters. The van der Waals surface area contributed by atoms with Gasteiger partial charge in [0.25, 0.3) is 0 Å². The van der Waals surface area contributed by atoms with Crippen LogP contribution in [0.15, 0.2) is 70.7 Å². The summed E-state index contributed by atoms with van der Waals surface area (Å²) >= 11 is 0. The van der Waals surface area contributed by atoms with E-state index >= 15 is 0 Å². The maximum Gasteiger partial charge on any atom is 0.412 e. The molecule has 0 aromatic heterocycles. The standard InChI is InChI=1S/C25H33N3O4/c1-7-10-17(3)22(27-15-29)14-13-18(4)24(30)23(19(5)26)28-25(31)32-20(6)21-12-9-8-11-16(21)2/h8-15,20H,7,26H2,1-6H3,(H,27,29)(H,28,31)/b17-10+,18-13+,22-14+,23-19+. The Kier molecular flexibility index (Phi) is 10.7. The van der Waals surface area contributed by atoms with Crippen LogP contribution in [0.2, 0.25) is 0 Å². The van der Waals surface area contributed by atoms with E-state index in [0.29, 0.717) is 17.7 Å².